The second-order valence-corrected chi connectivity index (χ2v) is 5.46. The Morgan fingerprint density at radius 2 is 1.81 bits per heavy atom. The van der Waals surface area contributed by atoms with Gasteiger partial charge in [-0.15, -0.1) is 0 Å². The maximum absolute atomic E-state index is 12.1. The number of amides is 1. The van der Waals surface area contributed by atoms with Gasteiger partial charge in [0, 0.05) is 20.2 Å². The quantitative estimate of drug-likeness (QED) is 0.916. The van der Waals surface area contributed by atoms with E-state index in [0.29, 0.717) is 25.9 Å². The molecule has 1 N–H and O–H groups in total. The molecule has 1 aliphatic heterocycles. The van der Waals surface area contributed by atoms with Crippen molar-refractivity contribution in [2.75, 3.05) is 20.2 Å². The molecule has 0 spiro atoms. The molecule has 0 unspecified atom stereocenters. The minimum Gasteiger partial charge on any atom is -0.481 e. The van der Waals surface area contributed by atoms with Gasteiger partial charge in [-0.1, -0.05) is 30.3 Å². The maximum Gasteiger partial charge on any atom is 0.314 e. The summed E-state index contributed by atoms with van der Waals surface area (Å²) in [7, 11) is 1.50. The largest absolute Gasteiger partial charge is 0.481 e. The lowest BCUT2D eigenvalue weighted by molar-refractivity contribution is -0.150. The summed E-state index contributed by atoms with van der Waals surface area (Å²) in [6.07, 6.45) is 0.363. The number of aliphatic carboxylic acids is 1. The Hall–Kier alpha value is -1.88. The van der Waals surface area contributed by atoms with Gasteiger partial charge in [0.25, 0.3) is 5.91 Å². The molecular formula is C16H21NO4. The number of likely N-dealkylation sites (tertiary alicyclic amines) is 1. The highest BCUT2D eigenvalue weighted by atomic mass is 16.5. The van der Waals surface area contributed by atoms with E-state index in [1.807, 2.05) is 30.3 Å². The van der Waals surface area contributed by atoms with Crippen molar-refractivity contribution in [1.82, 2.24) is 4.90 Å². The Bertz CT molecular complexity index is 506. The number of nitrogens with zero attached hydrogens (tertiary/aromatic N) is 1. The molecule has 0 aromatic heterocycles. The molecular weight excluding hydrogens is 270 g/mol. The fourth-order valence-corrected chi connectivity index (χ4v) is 2.85. The van der Waals surface area contributed by atoms with E-state index in [-0.39, 0.29) is 5.91 Å². The zero-order valence-electron chi connectivity index (χ0n) is 12.4. The van der Waals surface area contributed by atoms with Crippen molar-refractivity contribution in [3.05, 3.63) is 35.9 Å². The number of hydrogen-bond acceptors (Lipinski definition) is 3. The van der Waals surface area contributed by atoms with Crippen LogP contribution in [0, 0.1) is 0 Å². The summed E-state index contributed by atoms with van der Waals surface area (Å²) in [5, 5.41) is 9.69. The average molecular weight is 291 g/mol. The number of carbonyl (C=O) groups is 2. The highest BCUT2D eigenvalue weighted by Gasteiger charge is 2.44. The SMILES string of the molecule is CO[C@@H](C)C(=O)N1CCC(C(=O)O)(c2ccccc2)CC1. The number of hydrogen-bond donors (Lipinski definition) is 1. The van der Waals surface area contributed by atoms with E-state index in [2.05, 4.69) is 0 Å². The van der Waals surface area contributed by atoms with Crippen molar-refractivity contribution in [1.29, 1.82) is 0 Å². The third kappa shape index (κ3) is 2.93. The number of carboxylic acid groups (broad SMARTS) is 1. The van der Waals surface area contributed by atoms with Gasteiger partial charge in [-0.05, 0) is 25.3 Å². The van der Waals surface area contributed by atoms with Crippen LogP contribution in [-0.2, 0) is 19.7 Å². The van der Waals surface area contributed by atoms with Crippen molar-refractivity contribution in [2.24, 2.45) is 0 Å². The number of methoxy groups -OCH3 is 1. The first-order valence-electron chi connectivity index (χ1n) is 7.12. The molecule has 0 saturated carbocycles. The summed E-state index contributed by atoms with van der Waals surface area (Å²) in [5.41, 5.74) is -0.0849. The molecule has 1 heterocycles. The van der Waals surface area contributed by atoms with Gasteiger partial charge in [0.2, 0.25) is 0 Å². The minimum atomic E-state index is -0.894. The Balaban J connectivity index is 2.16. The first kappa shape index (κ1) is 15.5. The van der Waals surface area contributed by atoms with E-state index in [1.54, 1.807) is 11.8 Å². The van der Waals surface area contributed by atoms with Gasteiger partial charge in [0.15, 0.2) is 0 Å². The van der Waals surface area contributed by atoms with Crippen molar-refractivity contribution in [3.63, 3.8) is 0 Å². The van der Waals surface area contributed by atoms with Crippen LogP contribution in [0.5, 0.6) is 0 Å². The zero-order chi connectivity index (χ0) is 15.5. The van der Waals surface area contributed by atoms with Gasteiger partial charge < -0.3 is 14.7 Å². The molecule has 5 heteroatoms. The van der Waals surface area contributed by atoms with Gasteiger partial charge in [0.1, 0.15) is 6.10 Å². The van der Waals surface area contributed by atoms with Crippen LogP contribution in [0.2, 0.25) is 0 Å². The van der Waals surface area contributed by atoms with Crippen molar-refractivity contribution < 1.29 is 19.4 Å². The second kappa shape index (κ2) is 6.26. The summed E-state index contributed by atoms with van der Waals surface area (Å²) >= 11 is 0. The summed E-state index contributed by atoms with van der Waals surface area (Å²) in [5.74, 6) is -0.898. The predicted octanol–water partition coefficient (Wildman–Crippen LogP) is 1.67. The zero-order valence-corrected chi connectivity index (χ0v) is 12.4. The van der Waals surface area contributed by atoms with Gasteiger partial charge >= 0.3 is 5.97 Å². The lowest BCUT2D eigenvalue weighted by Crippen LogP contribution is -2.51. The van der Waals surface area contributed by atoms with Crippen LogP contribution in [0.4, 0.5) is 0 Å². The Morgan fingerprint density at radius 3 is 2.29 bits per heavy atom. The van der Waals surface area contributed by atoms with Crippen molar-refractivity contribution in [3.8, 4) is 0 Å². The minimum absolute atomic E-state index is 0.0791. The molecule has 1 amide bonds. The van der Waals surface area contributed by atoms with Crippen LogP contribution in [0.15, 0.2) is 30.3 Å². The summed E-state index contributed by atoms with van der Waals surface area (Å²) in [6, 6.07) is 9.28. The Kier molecular flexibility index (Phi) is 4.63. The fourth-order valence-electron chi connectivity index (χ4n) is 2.85. The average Bonchev–Trinajstić information content (AvgIpc) is 2.54. The van der Waals surface area contributed by atoms with Crippen molar-refractivity contribution >= 4 is 11.9 Å². The smallest absolute Gasteiger partial charge is 0.314 e. The van der Waals surface area contributed by atoms with Gasteiger partial charge in [0.05, 0.1) is 5.41 Å². The van der Waals surface area contributed by atoms with Crippen molar-refractivity contribution in [2.45, 2.75) is 31.3 Å². The van der Waals surface area contributed by atoms with Crippen LogP contribution in [0.25, 0.3) is 0 Å². The van der Waals surface area contributed by atoms with Gasteiger partial charge in [-0.2, -0.15) is 0 Å². The highest BCUT2D eigenvalue weighted by molar-refractivity contribution is 5.84. The molecule has 2 rings (SSSR count). The number of benzene rings is 1. The highest BCUT2D eigenvalue weighted by Crippen LogP contribution is 2.36. The van der Waals surface area contributed by atoms with E-state index in [1.165, 1.54) is 7.11 Å². The molecule has 1 saturated heterocycles. The summed E-state index contributed by atoms with van der Waals surface area (Å²) in [4.78, 5) is 25.6. The molecule has 21 heavy (non-hydrogen) atoms. The lowest BCUT2D eigenvalue weighted by Gasteiger charge is -2.39. The third-order valence-electron chi connectivity index (χ3n) is 4.37. The van der Waals surface area contributed by atoms with Crippen LogP contribution < -0.4 is 0 Å². The van der Waals surface area contributed by atoms with Gasteiger partial charge in [-0.3, -0.25) is 9.59 Å². The van der Waals surface area contributed by atoms with E-state index in [0.717, 1.165) is 5.56 Å². The number of ether oxygens (including phenoxy) is 1. The van der Waals surface area contributed by atoms with E-state index < -0.39 is 17.5 Å². The molecule has 0 aliphatic carbocycles. The van der Waals surface area contributed by atoms with Crippen LogP contribution >= 0.6 is 0 Å². The lowest BCUT2D eigenvalue weighted by atomic mass is 9.73. The Labute approximate surface area is 124 Å². The van der Waals surface area contributed by atoms with Crippen LogP contribution in [0.1, 0.15) is 25.3 Å². The van der Waals surface area contributed by atoms with E-state index >= 15 is 0 Å². The molecule has 114 valence electrons. The standard InChI is InChI=1S/C16H21NO4/c1-12(21-2)14(18)17-10-8-16(9-11-17,15(19)20)13-6-4-3-5-7-13/h3-7,12H,8-11H2,1-2H3,(H,19,20)/t12-/m0/s1. The predicted molar refractivity (Wildman–Crippen MR) is 78.0 cm³/mol. The first-order chi connectivity index (χ1) is 10.0. The summed E-state index contributed by atoms with van der Waals surface area (Å²) in [6.45, 7) is 2.58. The summed E-state index contributed by atoms with van der Waals surface area (Å²) < 4.78 is 5.04. The van der Waals surface area contributed by atoms with Crippen LogP contribution in [0.3, 0.4) is 0 Å². The molecule has 0 radical (unpaired) electrons. The molecule has 1 aliphatic rings. The third-order valence-corrected chi connectivity index (χ3v) is 4.37. The van der Waals surface area contributed by atoms with Crippen LogP contribution in [-0.4, -0.2) is 48.2 Å². The van der Waals surface area contributed by atoms with Gasteiger partial charge in [-0.25, -0.2) is 0 Å². The number of carbonyl (C=O) groups excluding carboxylic acids is 1. The van der Waals surface area contributed by atoms with E-state index in [4.69, 9.17) is 4.74 Å². The maximum atomic E-state index is 12.1. The molecule has 1 atom stereocenters. The molecule has 1 aromatic rings. The molecule has 0 bridgehead atoms. The molecule has 1 aromatic carbocycles. The topological polar surface area (TPSA) is 66.8 Å². The second-order valence-electron chi connectivity index (χ2n) is 5.46. The monoisotopic (exact) mass is 291 g/mol. The number of carboxylic acids is 1. The number of piperidine rings is 1. The molecule has 5 nitrogen and oxygen atoms in total. The first-order valence-corrected chi connectivity index (χ1v) is 7.12. The van der Waals surface area contributed by atoms with E-state index in [9.17, 15) is 14.7 Å². The molecule has 1 fully saturated rings. The Morgan fingerprint density at radius 1 is 1.24 bits per heavy atom. The number of rotatable bonds is 4. The normalized spacial score (nSPS) is 19.0. The fraction of sp³-hybridized carbons (Fsp3) is 0.500.